The number of phenolic OH excluding ortho intramolecular Hbond substituents is 1. The molecule has 1 saturated heterocycles. The minimum absolute atomic E-state index is 0.246. The standard InChI is InChI=1S/C17H21NO2/c1-12-9-18(10-13(2)20-12)11-16-15-6-4-3-5-14(15)7-8-17(16)19/h3-8,12-13,19H,9-11H2,1-2H3/t12-,13-/m0/s1. The van der Waals surface area contributed by atoms with E-state index in [2.05, 4.69) is 30.9 Å². The Morgan fingerprint density at radius 1 is 1.10 bits per heavy atom. The van der Waals surface area contributed by atoms with Gasteiger partial charge in [0.15, 0.2) is 0 Å². The maximum atomic E-state index is 10.2. The van der Waals surface area contributed by atoms with Crippen LogP contribution in [0.4, 0.5) is 0 Å². The van der Waals surface area contributed by atoms with Crippen molar-refractivity contribution in [2.75, 3.05) is 13.1 Å². The molecule has 0 saturated carbocycles. The fourth-order valence-corrected chi connectivity index (χ4v) is 3.13. The summed E-state index contributed by atoms with van der Waals surface area (Å²) in [6.45, 7) is 6.79. The van der Waals surface area contributed by atoms with Crippen LogP contribution in [0.5, 0.6) is 5.75 Å². The van der Waals surface area contributed by atoms with E-state index in [1.807, 2.05) is 18.2 Å². The van der Waals surface area contributed by atoms with Crippen LogP contribution in [0.2, 0.25) is 0 Å². The molecule has 2 atom stereocenters. The van der Waals surface area contributed by atoms with Crippen LogP contribution in [0.25, 0.3) is 10.8 Å². The molecule has 3 rings (SSSR count). The molecule has 0 amide bonds. The van der Waals surface area contributed by atoms with Crippen molar-refractivity contribution in [1.82, 2.24) is 4.90 Å². The summed E-state index contributed by atoms with van der Waals surface area (Å²) >= 11 is 0. The lowest BCUT2D eigenvalue weighted by Crippen LogP contribution is -2.44. The van der Waals surface area contributed by atoms with Gasteiger partial charge in [0.25, 0.3) is 0 Å². The van der Waals surface area contributed by atoms with Crippen LogP contribution in [0.15, 0.2) is 36.4 Å². The van der Waals surface area contributed by atoms with E-state index in [0.29, 0.717) is 5.75 Å². The van der Waals surface area contributed by atoms with Gasteiger partial charge >= 0.3 is 0 Å². The zero-order valence-corrected chi connectivity index (χ0v) is 12.0. The lowest BCUT2D eigenvalue weighted by molar-refractivity contribution is -0.0705. The Morgan fingerprint density at radius 3 is 2.55 bits per heavy atom. The van der Waals surface area contributed by atoms with E-state index in [1.165, 1.54) is 5.39 Å². The van der Waals surface area contributed by atoms with Gasteiger partial charge in [-0.3, -0.25) is 4.90 Å². The summed E-state index contributed by atoms with van der Waals surface area (Å²) in [7, 11) is 0. The molecule has 0 bridgehead atoms. The molecule has 3 nitrogen and oxygen atoms in total. The van der Waals surface area contributed by atoms with E-state index in [4.69, 9.17) is 4.74 Å². The van der Waals surface area contributed by atoms with Gasteiger partial charge in [-0.15, -0.1) is 0 Å². The van der Waals surface area contributed by atoms with Gasteiger partial charge in [0.2, 0.25) is 0 Å². The minimum Gasteiger partial charge on any atom is -0.508 e. The zero-order chi connectivity index (χ0) is 14.1. The Kier molecular flexibility index (Phi) is 3.64. The number of aromatic hydroxyl groups is 1. The molecule has 2 aromatic carbocycles. The van der Waals surface area contributed by atoms with Crippen molar-refractivity contribution in [2.24, 2.45) is 0 Å². The normalized spacial score (nSPS) is 24.1. The van der Waals surface area contributed by atoms with E-state index < -0.39 is 0 Å². The molecule has 0 spiro atoms. The first-order valence-electron chi connectivity index (χ1n) is 7.21. The summed E-state index contributed by atoms with van der Waals surface area (Å²) in [5, 5.41) is 12.5. The Morgan fingerprint density at radius 2 is 1.80 bits per heavy atom. The second-order valence-electron chi connectivity index (χ2n) is 5.74. The van der Waals surface area contributed by atoms with Gasteiger partial charge < -0.3 is 9.84 Å². The third-order valence-corrected chi connectivity index (χ3v) is 3.89. The first-order valence-corrected chi connectivity index (χ1v) is 7.21. The highest BCUT2D eigenvalue weighted by Gasteiger charge is 2.23. The molecule has 1 aliphatic heterocycles. The van der Waals surface area contributed by atoms with Crippen molar-refractivity contribution >= 4 is 10.8 Å². The summed E-state index contributed by atoms with van der Waals surface area (Å²) in [4.78, 5) is 2.36. The highest BCUT2D eigenvalue weighted by Crippen LogP contribution is 2.29. The molecular weight excluding hydrogens is 250 g/mol. The van der Waals surface area contributed by atoms with Crippen molar-refractivity contribution in [2.45, 2.75) is 32.6 Å². The van der Waals surface area contributed by atoms with E-state index >= 15 is 0 Å². The molecule has 1 N–H and O–H groups in total. The number of rotatable bonds is 2. The van der Waals surface area contributed by atoms with Crippen LogP contribution in [0, 0.1) is 0 Å². The third kappa shape index (κ3) is 2.65. The summed E-state index contributed by atoms with van der Waals surface area (Å²) in [6.07, 6.45) is 0.492. The Labute approximate surface area is 119 Å². The summed E-state index contributed by atoms with van der Waals surface area (Å²) < 4.78 is 5.77. The Balaban J connectivity index is 1.92. The predicted octanol–water partition coefficient (Wildman–Crippen LogP) is 3.15. The van der Waals surface area contributed by atoms with Gasteiger partial charge in [-0.2, -0.15) is 0 Å². The molecule has 0 unspecified atom stereocenters. The fourth-order valence-electron chi connectivity index (χ4n) is 3.13. The molecular formula is C17H21NO2. The average Bonchev–Trinajstić information content (AvgIpc) is 2.41. The number of ether oxygens (including phenoxy) is 1. The smallest absolute Gasteiger partial charge is 0.120 e. The average molecular weight is 271 g/mol. The van der Waals surface area contributed by atoms with Crippen LogP contribution >= 0.6 is 0 Å². The number of hydrogen-bond acceptors (Lipinski definition) is 3. The molecule has 0 radical (unpaired) electrons. The maximum Gasteiger partial charge on any atom is 0.120 e. The second kappa shape index (κ2) is 5.43. The number of benzene rings is 2. The molecule has 1 heterocycles. The number of phenols is 1. The molecule has 3 heteroatoms. The number of nitrogens with zero attached hydrogens (tertiary/aromatic N) is 1. The van der Waals surface area contributed by atoms with Gasteiger partial charge in [-0.05, 0) is 30.7 Å². The second-order valence-corrected chi connectivity index (χ2v) is 5.74. The third-order valence-electron chi connectivity index (χ3n) is 3.89. The molecule has 2 aromatic rings. The van der Waals surface area contributed by atoms with Gasteiger partial charge in [0.05, 0.1) is 12.2 Å². The first kappa shape index (κ1) is 13.4. The van der Waals surface area contributed by atoms with Crippen molar-refractivity contribution in [3.05, 3.63) is 42.0 Å². The quantitative estimate of drug-likeness (QED) is 0.910. The fraction of sp³-hybridized carbons (Fsp3) is 0.412. The lowest BCUT2D eigenvalue weighted by atomic mass is 10.0. The van der Waals surface area contributed by atoms with Crippen molar-refractivity contribution < 1.29 is 9.84 Å². The summed E-state index contributed by atoms with van der Waals surface area (Å²) in [6, 6.07) is 12.0. The van der Waals surface area contributed by atoms with Crippen LogP contribution in [-0.4, -0.2) is 35.3 Å². The molecule has 1 fully saturated rings. The molecule has 20 heavy (non-hydrogen) atoms. The molecule has 1 aliphatic rings. The topological polar surface area (TPSA) is 32.7 Å². The highest BCUT2D eigenvalue weighted by molar-refractivity contribution is 5.87. The van der Waals surface area contributed by atoms with Gasteiger partial charge in [0.1, 0.15) is 5.75 Å². The van der Waals surface area contributed by atoms with E-state index in [1.54, 1.807) is 6.07 Å². The predicted molar refractivity (Wildman–Crippen MR) is 80.9 cm³/mol. The highest BCUT2D eigenvalue weighted by atomic mass is 16.5. The van der Waals surface area contributed by atoms with Crippen molar-refractivity contribution in [3.8, 4) is 5.75 Å². The lowest BCUT2D eigenvalue weighted by Gasteiger charge is -2.35. The van der Waals surface area contributed by atoms with Crippen molar-refractivity contribution in [3.63, 3.8) is 0 Å². The Hall–Kier alpha value is -1.58. The number of morpholine rings is 1. The minimum atomic E-state index is 0.246. The van der Waals surface area contributed by atoms with Crippen molar-refractivity contribution in [1.29, 1.82) is 0 Å². The number of fused-ring (bicyclic) bond motifs is 1. The largest absolute Gasteiger partial charge is 0.508 e. The van der Waals surface area contributed by atoms with Crippen LogP contribution in [-0.2, 0) is 11.3 Å². The zero-order valence-electron chi connectivity index (χ0n) is 12.0. The van der Waals surface area contributed by atoms with Gasteiger partial charge in [-0.25, -0.2) is 0 Å². The SMILES string of the molecule is C[C@H]1CN(Cc2c(O)ccc3ccccc23)C[C@H](C)O1. The van der Waals surface area contributed by atoms with Gasteiger partial charge in [0, 0.05) is 25.2 Å². The monoisotopic (exact) mass is 271 g/mol. The molecule has 0 aliphatic carbocycles. The summed E-state index contributed by atoms with van der Waals surface area (Å²) in [5.41, 5.74) is 1.02. The van der Waals surface area contributed by atoms with Crippen LogP contribution in [0.3, 0.4) is 0 Å². The summed E-state index contributed by atoms with van der Waals surface area (Å²) in [5.74, 6) is 0.385. The maximum absolute atomic E-state index is 10.2. The van der Waals surface area contributed by atoms with E-state index in [-0.39, 0.29) is 12.2 Å². The van der Waals surface area contributed by atoms with Gasteiger partial charge in [-0.1, -0.05) is 30.3 Å². The first-order chi connectivity index (χ1) is 9.63. The molecule has 106 valence electrons. The van der Waals surface area contributed by atoms with Crippen LogP contribution < -0.4 is 0 Å². The van der Waals surface area contributed by atoms with E-state index in [0.717, 1.165) is 30.6 Å². The Bertz CT molecular complexity index is 601. The van der Waals surface area contributed by atoms with Crippen LogP contribution in [0.1, 0.15) is 19.4 Å². The molecule has 0 aromatic heterocycles. The van der Waals surface area contributed by atoms with E-state index in [9.17, 15) is 5.11 Å². The number of hydrogen-bond donors (Lipinski definition) is 1.